The zero-order valence-electron chi connectivity index (χ0n) is 17.2. The van der Waals surface area contributed by atoms with Gasteiger partial charge in [-0.2, -0.15) is 10.1 Å². The Labute approximate surface area is 183 Å². The first-order chi connectivity index (χ1) is 15.7. The van der Waals surface area contributed by atoms with Crippen LogP contribution in [0.15, 0.2) is 42.4 Å². The van der Waals surface area contributed by atoms with Gasteiger partial charge in [-0.3, -0.25) is 0 Å². The van der Waals surface area contributed by atoms with Gasteiger partial charge in [0.25, 0.3) is 0 Å². The predicted octanol–water partition coefficient (Wildman–Crippen LogP) is 1.51. The average molecular weight is 439 g/mol. The van der Waals surface area contributed by atoms with Gasteiger partial charge in [-0.25, -0.2) is 13.7 Å². The largest absolute Gasteiger partial charge is 0.475 e. The van der Waals surface area contributed by atoms with Crippen molar-refractivity contribution in [2.45, 2.75) is 18.6 Å². The summed E-state index contributed by atoms with van der Waals surface area (Å²) in [5.74, 6) is 2.03. The Morgan fingerprint density at radius 1 is 1.38 bits per heavy atom. The van der Waals surface area contributed by atoms with Crippen LogP contribution in [0.2, 0.25) is 0 Å². The molecule has 4 heterocycles. The molecule has 2 aromatic heterocycles. The van der Waals surface area contributed by atoms with Gasteiger partial charge in [-0.05, 0) is 23.8 Å². The third-order valence-electron chi connectivity index (χ3n) is 5.71. The third kappa shape index (κ3) is 3.80. The molecule has 4 bridgehead atoms. The maximum atomic E-state index is 14.4. The molecule has 0 saturated carbocycles. The van der Waals surface area contributed by atoms with Crippen molar-refractivity contribution in [1.82, 2.24) is 19.5 Å². The first kappa shape index (κ1) is 20.4. The molecule has 32 heavy (non-hydrogen) atoms. The lowest BCUT2D eigenvalue weighted by molar-refractivity contribution is 0.0495. The number of anilines is 1. The quantitative estimate of drug-likeness (QED) is 0.593. The first-order valence-corrected chi connectivity index (χ1v) is 10.4. The predicted molar refractivity (Wildman–Crippen MR) is 114 cm³/mol. The molecular formula is C22H22FN5O4. The van der Waals surface area contributed by atoms with E-state index in [0.29, 0.717) is 53.5 Å². The molecule has 1 fully saturated rings. The zero-order valence-corrected chi connectivity index (χ0v) is 17.2. The Hall–Kier alpha value is -3.46. The number of hydrogen-bond donors (Lipinski definition) is 2. The van der Waals surface area contributed by atoms with E-state index in [-0.39, 0.29) is 31.7 Å². The molecule has 1 aromatic carbocycles. The topological polar surface area (TPSA) is 101 Å². The number of aliphatic hydroxyl groups excluding tert-OH is 1. The van der Waals surface area contributed by atoms with Crippen LogP contribution in [0.25, 0.3) is 16.8 Å². The molecule has 0 spiro atoms. The van der Waals surface area contributed by atoms with E-state index >= 15 is 0 Å². The number of rotatable bonds is 3. The number of halogens is 1. The molecule has 1 saturated heterocycles. The number of benzene rings is 1. The lowest BCUT2D eigenvalue weighted by Gasteiger charge is -2.26. The van der Waals surface area contributed by atoms with Crippen molar-refractivity contribution in [3.8, 4) is 17.0 Å². The van der Waals surface area contributed by atoms with E-state index in [1.165, 1.54) is 12.1 Å². The van der Waals surface area contributed by atoms with E-state index in [2.05, 4.69) is 15.4 Å². The summed E-state index contributed by atoms with van der Waals surface area (Å²) >= 11 is 0. The summed E-state index contributed by atoms with van der Waals surface area (Å²) in [6, 6.07) is 6.27. The van der Waals surface area contributed by atoms with Crippen LogP contribution >= 0.6 is 0 Å². The minimum absolute atomic E-state index is 0.129. The van der Waals surface area contributed by atoms with Gasteiger partial charge in [0.2, 0.25) is 5.88 Å². The molecule has 0 radical (unpaired) electrons. The van der Waals surface area contributed by atoms with E-state index in [1.54, 1.807) is 23.0 Å². The molecule has 0 aliphatic carbocycles. The van der Waals surface area contributed by atoms with Crippen LogP contribution in [0.4, 0.5) is 10.1 Å². The fourth-order valence-corrected chi connectivity index (χ4v) is 4.28. The van der Waals surface area contributed by atoms with Crippen molar-refractivity contribution in [3.05, 3.63) is 48.2 Å². The molecule has 2 atom stereocenters. The molecule has 9 nitrogen and oxygen atoms in total. The van der Waals surface area contributed by atoms with Gasteiger partial charge < -0.3 is 24.8 Å². The molecule has 0 amide bonds. The SMILES string of the molecule is O=C=C1[C@H](OCCO)C[C@H]2COc3ccn4ncc(c4n3)-c3cc(F)cc(c3)NCCN12. The van der Waals surface area contributed by atoms with Crippen molar-refractivity contribution in [2.24, 2.45) is 0 Å². The lowest BCUT2D eigenvalue weighted by atomic mass is 10.1. The van der Waals surface area contributed by atoms with Crippen LogP contribution in [0.5, 0.6) is 5.88 Å². The summed E-state index contributed by atoms with van der Waals surface area (Å²) in [6.07, 6.45) is 3.44. The second-order valence-electron chi connectivity index (χ2n) is 7.71. The van der Waals surface area contributed by atoms with Gasteiger partial charge in [-0.15, -0.1) is 0 Å². The number of ether oxygens (including phenoxy) is 2. The Kier molecular flexibility index (Phi) is 5.48. The van der Waals surface area contributed by atoms with E-state index in [0.717, 1.165) is 0 Å². The lowest BCUT2D eigenvalue weighted by Crippen LogP contribution is -2.37. The number of aliphatic hydroxyl groups is 1. The van der Waals surface area contributed by atoms with Crippen LogP contribution in [-0.4, -0.2) is 75.6 Å². The number of fused-ring (bicyclic) bond motifs is 5. The minimum Gasteiger partial charge on any atom is -0.475 e. The molecular weight excluding hydrogens is 417 g/mol. The van der Waals surface area contributed by atoms with Gasteiger partial charge in [-0.1, -0.05) is 0 Å². The Morgan fingerprint density at radius 2 is 2.28 bits per heavy atom. The summed E-state index contributed by atoms with van der Waals surface area (Å²) in [5.41, 5.74) is 2.90. The number of nitrogens with zero attached hydrogens (tertiary/aromatic N) is 4. The summed E-state index contributed by atoms with van der Waals surface area (Å²) in [5, 5.41) is 16.6. The Morgan fingerprint density at radius 3 is 3.12 bits per heavy atom. The van der Waals surface area contributed by atoms with Gasteiger partial charge >= 0.3 is 0 Å². The van der Waals surface area contributed by atoms with Crippen LogP contribution < -0.4 is 10.1 Å². The highest BCUT2D eigenvalue weighted by Crippen LogP contribution is 2.31. The normalized spacial score (nSPS) is 20.4. The van der Waals surface area contributed by atoms with Crippen LogP contribution in [0.3, 0.4) is 0 Å². The van der Waals surface area contributed by atoms with Crippen molar-refractivity contribution < 1.29 is 23.8 Å². The van der Waals surface area contributed by atoms with E-state index in [9.17, 15) is 9.18 Å². The minimum atomic E-state index is -0.471. The van der Waals surface area contributed by atoms with Crippen LogP contribution in [0.1, 0.15) is 6.42 Å². The number of hydrogen-bond acceptors (Lipinski definition) is 8. The molecule has 166 valence electrons. The zero-order chi connectivity index (χ0) is 22.1. The Balaban J connectivity index is 1.53. The molecule has 2 aliphatic rings. The molecule has 10 heteroatoms. The molecule has 2 aliphatic heterocycles. The Bertz CT molecular complexity index is 1190. The smallest absolute Gasteiger partial charge is 0.216 e. The third-order valence-corrected chi connectivity index (χ3v) is 5.71. The summed E-state index contributed by atoms with van der Waals surface area (Å²) in [6.45, 7) is 1.21. The number of nitrogens with one attached hydrogen (secondary N) is 1. The van der Waals surface area contributed by atoms with Crippen molar-refractivity contribution in [2.75, 3.05) is 38.2 Å². The molecule has 5 rings (SSSR count). The second kappa shape index (κ2) is 8.58. The first-order valence-electron chi connectivity index (χ1n) is 10.4. The highest BCUT2D eigenvalue weighted by Gasteiger charge is 2.38. The van der Waals surface area contributed by atoms with Crippen LogP contribution in [-0.2, 0) is 9.53 Å². The van der Waals surface area contributed by atoms with Crippen LogP contribution in [0, 0.1) is 5.82 Å². The van der Waals surface area contributed by atoms with E-state index in [4.69, 9.17) is 14.6 Å². The maximum Gasteiger partial charge on any atom is 0.216 e. The van der Waals surface area contributed by atoms with E-state index < -0.39 is 6.10 Å². The molecule has 3 aromatic rings. The van der Waals surface area contributed by atoms with Crippen molar-refractivity contribution >= 4 is 17.3 Å². The van der Waals surface area contributed by atoms with Crippen molar-refractivity contribution in [1.29, 1.82) is 0 Å². The second-order valence-corrected chi connectivity index (χ2v) is 7.71. The van der Waals surface area contributed by atoms with Gasteiger partial charge in [0, 0.05) is 43.0 Å². The highest BCUT2D eigenvalue weighted by molar-refractivity contribution is 5.79. The maximum absolute atomic E-state index is 14.4. The highest BCUT2D eigenvalue weighted by atomic mass is 19.1. The molecule has 0 unspecified atom stereocenters. The van der Waals surface area contributed by atoms with Gasteiger partial charge in [0.1, 0.15) is 30.2 Å². The van der Waals surface area contributed by atoms with Gasteiger partial charge in [0.15, 0.2) is 5.65 Å². The summed E-state index contributed by atoms with van der Waals surface area (Å²) < 4.78 is 27.6. The summed E-state index contributed by atoms with van der Waals surface area (Å²) in [4.78, 5) is 18.2. The standard InChI is InChI=1S/C22H22FN5O4/c23-15-7-14-8-16(9-15)24-2-4-27-17(10-20(19(27)12-30)31-6-5-29)13-32-21-1-3-28-22(26-21)18(14)11-25-28/h1,3,7-9,11,17,20,24,29H,2,4-6,10,13H2/t17-,20+/m0/s1. The fourth-order valence-electron chi connectivity index (χ4n) is 4.28. The number of carbonyl (C=O) groups excluding carboxylic acids is 1. The van der Waals surface area contributed by atoms with Crippen molar-refractivity contribution in [3.63, 3.8) is 0 Å². The number of aromatic nitrogens is 3. The van der Waals surface area contributed by atoms with Gasteiger partial charge in [0.05, 0.1) is 25.5 Å². The summed E-state index contributed by atoms with van der Waals surface area (Å²) in [7, 11) is 0. The fraction of sp³-hybridized carbons (Fsp3) is 0.364. The average Bonchev–Trinajstić information content (AvgIpc) is 3.36. The molecule has 2 N–H and O–H groups in total. The monoisotopic (exact) mass is 439 g/mol. The van der Waals surface area contributed by atoms with E-state index in [1.807, 2.05) is 16.9 Å².